The van der Waals surface area contributed by atoms with E-state index >= 15 is 0 Å². The van der Waals surface area contributed by atoms with Gasteiger partial charge in [-0.2, -0.15) is 0 Å². The smallest absolute Gasteiger partial charge is 0.227 e. The van der Waals surface area contributed by atoms with Crippen molar-refractivity contribution < 1.29 is 4.79 Å². The monoisotopic (exact) mass is 197 g/mol. The minimum Gasteiger partial charge on any atom is -0.340 e. The fraction of sp³-hybridized carbons (Fsp3) is 0.900. The van der Waals surface area contributed by atoms with Crippen LogP contribution in [0.5, 0.6) is 0 Å². The highest BCUT2D eigenvalue weighted by Crippen LogP contribution is 2.12. The minimum atomic E-state index is 0.249. The van der Waals surface area contributed by atoms with Crippen molar-refractivity contribution in [3.8, 4) is 0 Å². The predicted octanol–water partition coefficient (Wildman–Crippen LogP) is -0.630. The molecule has 0 aromatic rings. The van der Waals surface area contributed by atoms with Gasteiger partial charge in [0.15, 0.2) is 0 Å². The number of hydrogen-bond acceptors (Lipinski definition) is 3. The molecule has 2 aliphatic heterocycles. The first-order valence-corrected chi connectivity index (χ1v) is 5.45. The third-order valence-corrected chi connectivity index (χ3v) is 3.22. The first-order valence-electron chi connectivity index (χ1n) is 5.45. The average Bonchev–Trinajstić information content (AvgIpc) is 2.71. The molecule has 0 saturated carbocycles. The highest BCUT2D eigenvalue weighted by atomic mass is 16.2. The second kappa shape index (κ2) is 4.28. The lowest BCUT2D eigenvalue weighted by Gasteiger charge is -2.33. The summed E-state index contributed by atoms with van der Waals surface area (Å²) < 4.78 is 0. The maximum absolute atomic E-state index is 12.0. The molecule has 1 N–H and O–H groups in total. The van der Waals surface area contributed by atoms with Crippen molar-refractivity contribution in [2.75, 3.05) is 46.3 Å². The van der Waals surface area contributed by atoms with Crippen molar-refractivity contribution in [2.45, 2.75) is 6.42 Å². The molecular formula is C10H19N3O. The van der Waals surface area contributed by atoms with Gasteiger partial charge in [-0.3, -0.25) is 4.79 Å². The number of hydrogen-bond donors (Lipinski definition) is 1. The quantitative estimate of drug-likeness (QED) is 0.608. The van der Waals surface area contributed by atoms with E-state index in [-0.39, 0.29) is 5.92 Å². The molecule has 2 fully saturated rings. The molecule has 1 atom stereocenters. The normalized spacial score (nSPS) is 29.5. The molecule has 0 aromatic heterocycles. The number of amides is 1. The Morgan fingerprint density at radius 1 is 1.29 bits per heavy atom. The molecule has 0 aliphatic carbocycles. The zero-order chi connectivity index (χ0) is 9.97. The summed E-state index contributed by atoms with van der Waals surface area (Å²) in [6.07, 6.45) is 1.02. The van der Waals surface area contributed by atoms with Gasteiger partial charge in [0, 0.05) is 32.7 Å². The molecule has 2 rings (SSSR count). The van der Waals surface area contributed by atoms with Gasteiger partial charge < -0.3 is 15.1 Å². The van der Waals surface area contributed by atoms with Gasteiger partial charge in [0.25, 0.3) is 0 Å². The van der Waals surface area contributed by atoms with Gasteiger partial charge in [-0.25, -0.2) is 0 Å². The molecule has 2 heterocycles. The van der Waals surface area contributed by atoms with Crippen LogP contribution in [0.1, 0.15) is 6.42 Å². The van der Waals surface area contributed by atoms with Crippen LogP contribution < -0.4 is 5.32 Å². The number of carbonyl (C=O) groups is 1. The van der Waals surface area contributed by atoms with Gasteiger partial charge in [0.2, 0.25) is 5.91 Å². The average molecular weight is 197 g/mol. The number of likely N-dealkylation sites (N-methyl/N-ethyl adjacent to an activating group) is 1. The zero-order valence-corrected chi connectivity index (χ0v) is 8.83. The number of piperazine rings is 1. The van der Waals surface area contributed by atoms with Gasteiger partial charge in [-0.1, -0.05) is 0 Å². The molecule has 4 nitrogen and oxygen atoms in total. The van der Waals surface area contributed by atoms with Crippen molar-refractivity contribution in [2.24, 2.45) is 5.92 Å². The molecule has 2 aliphatic rings. The van der Waals surface area contributed by atoms with Gasteiger partial charge in [-0.15, -0.1) is 0 Å². The molecule has 80 valence electrons. The summed E-state index contributed by atoms with van der Waals surface area (Å²) in [5.41, 5.74) is 0. The van der Waals surface area contributed by atoms with Crippen molar-refractivity contribution in [1.29, 1.82) is 0 Å². The SMILES string of the molecule is CN1CCN(C(=O)C2CCNC2)CC1. The Labute approximate surface area is 85.2 Å². The number of rotatable bonds is 1. The number of nitrogens with zero attached hydrogens (tertiary/aromatic N) is 2. The lowest BCUT2D eigenvalue weighted by molar-refractivity contribution is -0.136. The van der Waals surface area contributed by atoms with E-state index in [0.717, 1.165) is 45.7 Å². The lowest BCUT2D eigenvalue weighted by atomic mass is 10.1. The van der Waals surface area contributed by atoms with Crippen LogP contribution in [0.2, 0.25) is 0 Å². The highest BCUT2D eigenvalue weighted by Gasteiger charge is 2.28. The van der Waals surface area contributed by atoms with E-state index in [9.17, 15) is 4.79 Å². The van der Waals surface area contributed by atoms with Gasteiger partial charge in [0.1, 0.15) is 0 Å². The van der Waals surface area contributed by atoms with Crippen LogP contribution in [0.3, 0.4) is 0 Å². The van der Waals surface area contributed by atoms with Crippen LogP contribution in [0.15, 0.2) is 0 Å². The largest absolute Gasteiger partial charge is 0.340 e. The topological polar surface area (TPSA) is 35.6 Å². The van der Waals surface area contributed by atoms with Crippen molar-refractivity contribution in [3.63, 3.8) is 0 Å². The van der Waals surface area contributed by atoms with Gasteiger partial charge in [-0.05, 0) is 20.0 Å². The predicted molar refractivity (Wildman–Crippen MR) is 55.1 cm³/mol. The van der Waals surface area contributed by atoms with Crippen molar-refractivity contribution >= 4 is 5.91 Å². The van der Waals surface area contributed by atoms with Gasteiger partial charge >= 0.3 is 0 Å². The molecule has 0 radical (unpaired) electrons. The third kappa shape index (κ3) is 2.07. The molecule has 4 heteroatoms. The summed E-state index contributed by atoms with van der Waals surface area (Å²) in [6, 6.07) is 0. The van der Waals surface area contributed by atoms with E-state index in [1.807, 2.05) is 4.90 Å². The Morgan fingerprint density at radius 3 is 2.57 bits per heavy atom. The first-order chi connectivity index (χ1) is 6.77. The van der Waals surface area contributed by atoms with Crippen molar-refractivity contribution in [1.82, 2.24) is 15.1 Å². The molecule has 0 aromatic carbocycles. The van der Waals surface area contributed by atoms with Gasteiger partial charge in [0.05, 0.1) is 5.92 Å². The second-order valence-electron chi connectivity index (χ2n) is 4.32. The molecule has 0 spiro atoms. The number of carbonyl (C=O) groups excluding carboxylic acids is 1. The molecular weight excluding hydrogens is 178 g/mol. The van der Waals surface area contributed by atoms with Crippen molar-refractivity contribution in [3.05, 3.63) is 0 Å². The van der Waals surface area contributed by atoms with E-state index < -0.39 is 0 Å². The molecule has 1 amide bonds. The minimum absolute atomic E-state index is 0.249. The number of nitrogens with one attached hydrogen (secondary N) is 1. The van der Waals surface area contributed by atoms with Crippen LogP contribution in [0.4, 0.5) is 0 Å². The Kier molecular flexibility index (Phi) is 3.03. The van der Waals surface area contributed by atoms with Crippen LogP contribution in [-0.4, -0.2) is 62.0 Å². The van der Waals surface area contributed by atoms with E-state index in [1.165, 1.54) is 0 Å². The molecule has 14 heavy (non-hydrogen) atoms. The Balaban J connectivity index is 1.85. The summed E-state index contributed by atoms with van der Waals surface area (Å²) >= 11 is 0. The summed E-state index contributed by atoms with van der Waals surface area (Å²) in [4.78, 5) is 16.3. The summed E-state index contributed by atoms with van der Waals surface area (Å²) in [5, 5.41) is 3.24. The van der Waals surface area contributed by atoms with E-state index in [1.54, 1.807) is 0 Å². The standard InChI is InChI=1S/C10H19N3O/c1-12-4-6-13(7-5-12)10(14)9-2-3-11-8-9/h9,11H,2-8H2,1H3. The van der Waals surface area contributed by atoms with E-state index in [4.69, 9.17) is 0 Å². The molecule has 0 bridgehead atoms. The second-order valence-corrected chi connectivity index (χ2v) is 4.32. The zero-order valence-electron chi connectivity index (χ0n) is 8.83. The van der Waals surface area contributed by atoms with Crippen LogP contribution in [-0.2, 0) is 4.79 Å². The van der Waals surface area contributed by atoms with Crippen LogP contribution in [0, 0.1) is 5.92 Å². The highest BCUT2D eigenvalue weighted by molar-refractivity contribution is 5.79. The fourth-order valence-electron chi connectivity index (χ4n) is 2.15. The van der Waals surface area contributed by atoms with E-state index in [2.05, 4.69) is 17.3 Å². The van der Waals surface area contributed by atoms with E-state index in [0.29, 0.717) is 5.91 Å². The molecule has 2 saturated heterocycles. The van der Waals surface area contributed by atoms with Crippen LogP contribution >= 0.6 is 0 Å². The fourth-order valence-corrected chi connectivity index (χ4v) is 2.15. The molecule has 1 unspecified atom stereocenters. The summed E-state index contributed by atoms with van der Waals surface area (Å²) in [7, 11) is 2.11. The Morgan fingerprint density at radius 2 is 2.00 bits per heavy atom. The third-order valence-electron chi connectivity index (χ3n) is 3.22. The maximum Gasteiger partial charge on any atom is 0.227 e. The summed E-state index contributed by atoms with van der Waals surface area (Å²) in [6.45, 7) is 5.74. The Hall–Kier alpha value is -0.610. The maximum atomic E-state index is 12.0. The lowest BCUT2D eigenvalue weighted by Crippen LogP contribution is -2.49. The first kappa shape index (κ1) is 9.93. The van der Waals surface area contributed by atoms with Crippen LogP contribution in [0.25, 0.3) is 0 Å². The Bertz CT molecular complexity index is 205. The summed E-state index contributed by atoms with van der Waals surface area (Å²) in [5.74, 6) is 0.613.